The Morgan fingerprint density at radius 2 is 2.00 bits per heavy atom. The molecule has 11 heteroatoms. The van der Waals surface area contributed by atoms with E-state index in [2.05, 4.69) is 17.2 Å². The molecule has 5 rings (SSSR count). The molecule has 2 aromatic carbocycles. The molecule has 1 atom stereocenters. The van der Waals surface area contributed by atoms with Crippen LogP contribution in [0.15, 0.2) is 59.8 Å². The number of sulfonamides is 1. The minimum atomic E-state index is -3.85. The number of piperidine rings is 1. The van der Waals surface area contributed by atoms with Gasteiger partial charge in [-0.2, -0.15) is 9.40 Å². The number of hydrogen-bond donors (Lipinski definition) is 0. The molecule has 1 fully saturated rings. The van der Waals surface area contributed by atoms with Crippen molar-refractivity contribution in [2.45, 2.75) is 38.1 Å². The van der Waals surface area contributed by atoms with Gasteiger partial charge in [-0.15, -0.1) is 0 Å². The fraction of sp³-hybridized carbons (Fsp3) is 0.346. The second kappa shape index (κ2) is 10.3. The molecule has 1 saturated heterocycles. The van der Waals surface area contributed by atoms with Gasteiger partial charge in [-0.05, 0) is 74.2 Å². The number of fused-ring (bicyclic) bond motifs is 1. The number of rotatable bonds is 7. The molecule has 0 aliphatic carbocycles. The molecule has 37 heavy (non-hydrogen) atoms. The summed E-state index contributed by atoms with van der Waals surface area (Å²) in [7, 11) is -3.85. The summed E-state index contributed by atoms with van der Waals surface area (Å²) in [5.74, 6) is -1.17. The fourth-order valence-electron chi connectivity index (χ4n) is 4.75. The first-order chi connectivity index (χ1) is 17.7. The van der Waals surface area contributed by atoms with E-state index in [1.165, 1.54) is 27.8 Å². The number of benzene rings is 2. The highest BCUT2D eigenvalue weighted by Gasteiger charge is 2.36. The molecule has 3 heterocycles. The first-order valence-electron chi connectivity index (χ1n) is 12.1. The SMILES string of the molecule is Cc1cc(C)c2nc(N(CCn3cccn3)C(=O)C3CCCN(S(=O)(=O)c4ccc(F)cc4)C3)sc2c1. The minimum Gasteiger partial charge on any atom is -0.286 e. The summed E-state index contributed by atoms with van der Waals surface area (Å²) in [6.07, 6.45) is 4.67. The zero-order valence-corrected chi connectivity index (χ0v) is 22.3. The maximum atomic E-state index is 13.9. The number of carbonyl (C=O) groups is 1. The van der Waals surface area contributed by atoms with Crippen molar-refractivity contribution in [3.05, 3.63) is 71.8 Å². The molecular formula is C26H28FN5O3S2. The monoisotopic (exact) mass is 541 g/mol. The molecule has 0 N–H and O–H groups in total. The maximum Gasteiger partial charge on any atom is 0.243 e. The molecule has 0 saturated carbocycles. The second-order valence-corrected chi connectivity index (χ2v) is 12.3. The third kappa shape index (κ3) is 5.29. The molecule has 1 aliphatic heterocycles. The molecule has 1 aliphatic rings. The molecule has 0 bridgehead atoms. The molecule has 8 nitrogen and oxygen atoms in total. The van der Waals surface area contributed by atoms with Gasteiger partial charge in [0.05, 0.1) is 27.6 Å². The Balaban J connectivity index is 1.43. The van der Waals surface area contributed by atoms with E-state index >= 15 is 0 Å². The Bertz CT molecular complexity index is 1520. The summed E-state index contributed by atoms with van der Waals surface area (Å²) in [4.78, 5) is 20.5. The van der Waals surface area contributed by atoms with Crippen LogP contribution in [-0.4, -0.2) is 53.0 Å². The maximum absolute atomic E-state index is 13.9. The lowest BCUT2D eigenvalue weighted by Crippen LogP contribution is -2.47. The zero-order valence-electron chi connectivity index (χ0n) is 20.7. The van der Waals surface area contributed by atoms with Crippen LogP contribution in [0.3, 0.4) is 0 Å². The average Bonchev–Trinajstić information content (AvgIpc) is 3.55. The van der Waals surface area contributed by atoms with Crippen molar-refractivity contribution in [3.8, 4) is 0 Å². The predicted octanol–water partition coefficient (Wildman–Crippen LogP) is 4.38. The summed E-state index contributed by atoms with van der Waals surface area (Å²) < 4.78 is 43.9. The van der Waals surface area contributed by atoms with Gasteiger partial charge in [0.2, 0.25) is 15.9 Å². The van der Waals surface area contributed by atoms with Gasteiger partial charge >= 0.3 is 0 Å². The van der Waals surface area contributed by atoms with E-state index < -0.39 is 21.8 Å². The number of aryl methyl sites for hydroxylation is 2. The number of halogens is 1. The van der Waals surface area contributed by atoms with E-state index in [1.807, 2.05) is 26.1 Å². The van der Waals surface area contributed by atoms with Crippen LogP contribution < -0.4 is 4.90 Å². The van der Waals surface area contributed by atoms with Gasteiger partial charge in [0.25, 0.3) is 0 Å². The molecule has 0 radical (unpaired) electrons. The van der Waals surface area contributed by atoms with Gasteiger partial charge in [-0.25, -0.2) is 17.8 Å². The Kier molecular flexibility index (Phi) is 7.11. The molecule has 0 spiro atoms. The largest absolute Gasteiger partial charge is 0.286 e. The summed E-state index contributed by atoms with van der Waals surface area (Å²) in [5, 5.41) is 4.85. The third-order valence-corrected chi connectivity index (χ3v) is 9.52. The fourth-order valence-corrected chi connectivity index (χ4v) is 7.44. The van der Waals surface area contributed by atoms with Crippen molar-refractivity contribution in [3.63, 3.8) is 0 Å². The number of hydrogen-bond acceptors (Lipinski definition) is 6. The van der Waals surface area contributed by atoms with E-state index in [-0.39, 0.29) is 17.3 Å². The van der Waals surface area contributed by atoms with Crippen molar-refractivity contribution in [2.24, 2.45) is 5.92 Å². The van der Waals surface area contributed by atoms with Gasteiger partial charge in [-0.3, -0.25) is 14.4 Å². The molecule has 1 unspecified atom stereocenters. The molecule has 2 aromatic heterocycles. The standard InChI is InChI=1S/C26H28FN5O3S2/c1-18-15-19(2)24-23(16-18)36-26(29-24)32(14-13-30-11-4-10-28-30)25(33)20-5-3-12-31(17-20)37(34,35)22-8-6-21(27)7-9-22/h4,6-11,15-16,20H,3,5,12-14,17H2,1-2H3. The minimum absolute atomic E-state index is 0.0227. The van der Waals surface area contributed by atoms with Crippen molar-refractivity contribution in [1.82, 2.24) is 19.1 Å². The lowest BCUT2D eigenvalue weighted by Gasteiger charge is -2.33. The van der Waals surface area contributed by atoms with E-state index in [9.17, 15) is 17.6 Å². The van der Waals surface area contributed by atoms with Crippen molar-refractivity contribution >= 4 is 42.6 Å². The quantitative estimate of drug-likeness (QED) is 0.347. The summed E-state index contributed by atoms with van der Waals surface area (Å²) >= 11 is 1.46. The third-order valence-electron chi connectivity index (χ3n) is 6.61. The van der Waals surface area contributed by atoms with Crippen LogP contribution in [0.4, 0.5) is 9.52 Å². The number of thiazole rings is 1. The summed E-state index contributed by atoms with van der Waals surface area (Å²) in [6, 6.07) is 10.8. The molecular weight excluding hydrogens is 513 g/mol. The zero-order chi connectivity index (χ0) is 26.2. The number of anilines is 1. The highest BCUT2D eigenvalue weighted by molar-refractivity contribution is 7.89. The Labute approximate surface area is 219 Å². The highest BCUT2D eigenvalue weighted by atomic mass is 32.2. The number of nitrogens with zero attached hydrogens (tertiary/aromatic N) is 5. The Hall–Kier alpha value is -3.15. The average molecular weight is 542 g/mol. The lowest BCUT2D eigenvalue weighted by molar-refractivity contribution is -0.123. The van der Waals surface area contributed by atoms with E-state index in [0.717, 1.165) is 33.5 Å². The Morgan fingerprint density at radius 1 is 1.22 bits per heavy atom. The molecule has 194 valence electrons. The van der Waals surface area contributed by atoms with Crippen molar-refractivity contribution < 1.29 is 17.6 Å². The highest BCUT2D eigenvalue weighted by Crippen LogP contribution is 2.34. The summed E-state index contributed by atoms with van der Waals surface area (Å²) in [5.41, 5.74) is 3.04. The van der Waals surface area contributed by atoms with Crippen molar-refractivity contribution in [2.75, 3.05) is 24.5 Å². The Morgan fingerprint density at radius 3 is 2.73 bits per heavy atom. The van der Waals surface area contributed by atoms with Gasteiger partial charge in [0.1, 0.15) is 5.82 Å². The van der Waals surface area contributed by atoms with Crippen LogP contribution in [0.2, 0.25) is 0 Å². The lowest BCUT2D eigenvalue weighted by atomic mass is 9.98. The van der Waals surface area contributed by atoms with Crippen LogP contribution >= 0.6 is 11.3 Å². The van der Waals surface area contributed by atoms with E-state index in [4.69, 9.17) is 4.98 Å². The first kappa shape index (κ1) is 25.5. The number of amides is 1. The van der Waals surface area contributed by atoms with Gasteiger partial charge in [-0.1, -0.05) is 17.4 Å². The second-order valence-electron chi connectivity index (χ2n) is 9.34. The van der Waals surface area contributed by atoms with Crippen LogP contribution in [0.25, 0.3) is 10.2 Å². The summed E-state index contributed by atoms with van der Waals surface area (Å²) in [6.45, 7) is 5.27. The first-order valence-corrected chi connectivity index (χ1v) is 14.4. The molecule has 1 amide bonds. The number of aromatic nitrogens is 3. The number of carbonyl (C=O) groups excluding carboxylic acids is 1. The van der Waals surface area contributed by atoms with Crippen LogP contribution in [0, 0.1) is 25.6 Å². The smallest absolute Gasteiger partial charge is 0.243 e. The van der Waals surface area contributed by atoms with E-state index in [0.29, 0.717) is 37.6 Å². The predicted molar refractivity (Wildman–Crippen MR) is 142 cm³/mol. The van der Waals surface area contributed by atoms with Crippen LogP contribution in [0.1, 0.15) is 24.0 Å². The van der Waals surface area contributed by atoms with Gasteiger partial charge in [0, 0.05) is 32.0 Å². The van der Waals surface area contributed by atoms with E-state index in [1.54, 1.807) is 15.8 Å². The van der Waals surface area contributed by atoms with Crippen LogP contribution in [-0.2, 0) is 21.4 Å². The normalized spacial score (nSPS) is 16.8. The van der Waals surface area contributed by atoms with Gasteiger partial charge in [0.15, 0.2) is 5.13 Å². The van der Waals surface area contributed by atoms with Crippen molar-refractivity contribution in [1.29, 1.82) is 0 Å². The van der Waals surface area contributed by atoms with Gasteiger partial charge < -0.3 is 0 Å². The van der Waals surface area contributed by atoms with Crippen LogP contribution in [0.5, 0.6) is 0 Å². The molecule has 4 aromatic rings. The topological polar surface area (TPSA) is 88.4 Å².